The van der Waals surface area contributed by atoms with Crippen LogP contribution in [0.5, 0.6) is 0 Å². The number of hydrogen-bond acceptors (Lipinski definition) is 5. The summed E-state index contributed by atoms with van der Waals surface area (Å²) < 4.78 is 5.39. The van der Waals surface area contributed by atoms with Crippen LogP contribution in [0, 0.1) is 11.8 Å². The van der Waals surface area contributed by atoms with E-state index in [1.807, 2.05) is 30.0 Å². The predicted octanol–water partition coefficient (Wildman–Crippen LogP) is 2.84. The van der Waals surface area contributed by atoms with Crippen LogP contribution in [-0.2, 0) is 14.3 Å². The minimum absolute atomic E-state index is 0.0213. The molecule has 1 N–H and O–H groups in total. The van der Waals surface area contributed by atoms with Gasteiger partial charge in [-0.15, -0.1) is 0 Å². The average Bonchev–Trinajstić information content (AvgIpc) is 3.51. The molecule has 1 aromatic rings. The highest BCUT2D eigenvalue weighted by atomic mass is 16.5. The molecule has 1 aliphatic carbocycles. The number of nitrogens with one attached hydrogen (secondary N) is 1. The molecule has 2 atom stereocenters. The van der Waals surface area contributed by atoms with Crippen LogP contribution in [0.3, 0.4) is 0 Å². The first kappa shape index (κ1) is 25.2. The zero-order valence-corrected chi connectivity index (χ0v) is 21.5. The number of urea groups is 1. The maximum Gasteiger partial charge on any atom is 0.325 e. The van der Waals surface area contributed by atoms with Gasteiger partial charge in [0.2, 0.25) is 5.91 Å². The molecular formula is C28H40N4O4. The molecular weight excluding hydrogens is 456 g/mol. The Labute approximate surface area is 214 Å². The van der Waals surface area contributed by atoms with Crippen molar-refractivity contribution in [2.75, 3.05) is 52.5 Å². The number of likely N-dealkylation sites (tertiary alicyclic amines) is 1. The summed E-state index contributed by atoms with van der Waals surface area (Å²) in [5, 5.41) is 3.02. The van der Waals surface area contributed by atoms with Crippen LogP contribution in [0.1, 0.15) is 56.9 Å². The van der Waals surface area contributed by atoms with Gasteiger partial charge in [0.25, 0.3) is 5.91 Å². The molecule has 4 fully saturated rings. The predicted molar refractivity (Wildman–Crippen MR) is 136 cm³/mol. The molecule has 0 spiro atoms. The van der Waals surface area contributed by atoms with E-state index in [1.165, 1.54) is 17.7 Å². The summed E-state index contributed by atoms with van der Waals surface area (Å²) in [6.45, 7) is 7.26. The lowest BCUT2D eigenvalue weighted by Gasteiger charge is -2.40. The fourth-order valence-electron chi connectivity index (χ4n) is 6.70. The summed E-state index contributed by atoms with van der Waals surface area (Å²) in [5.74, 6) is 0.451. The Balaban J connectivity index is 1.20. The van der Waals surface area contributed by atoms with E-state index in [0.29, 0.717) is 45.3 Å². The molecule has 8 heteroatoms. The first-order valence-corrected chi connectivity index (χ1v) is 13.8. The van der Waals surface area contributed by atoms with Crippen molar-refractivity contribution in [2.24, 2.45) is 11.8 Å². The number of carbonyl (C=O) groups excluding carboxylic acids is 3. The van der Waals surface area contributed by atoms with Crippen LogP contribution in [0.2, 0.25) is 0 Å². The second-order valence-corrected chi connectivity index (χ2v) is 11.1. The van der Waals surface area contributed by atoms with Gasteiger partial charge < -0.3 is 15.0 Å². The summed E-state index contributed by atoms with van der Waals surface area (Å²) in [7, 11) is 0. The maximum atomic E-state index is 13.8. The Morgan fingerprint density at radius 3 is 2.33 bits per heavy atom. The largest absolute Gasteiger partial charge is 0.379 e. The Morgan fingerprint density at radius 2 is 1.67 bits per heavy atom. The van der Waals surface area contributed by atoms with E-state index in [0.717, 1.165) is 44.3 Å². The number of ether oxygens (including phenoxy) is 1. The van der Waals surface area contributed by atoms with Gasteiger partial charge in [-0.2, -0.15) is 0 Å². The molecule has 0 aromatic heterocycles. The highest BCUT2D eigenvalue weighted by Gasteiger charge is 2.53. The molecule has 1 saturated carbocycles. The molecule has 0 unspecified atom stereocenters. The van der Waals surface area contributed by atoms with Gasteiger partial charge >= 0.3 is 6.03 Å². The van der Waals surface area contributed by atoms with Crippen LogP contribution in [0.4, 0.5) is 4.79 Å². The topological polar surface area (TPSA) is 82.2 Å². The lowest BCUT2D eigenvalue weighted by atomic mass is 9.78. The van der Waals surface area contributed by atoms with Crippen molar-refractivity contribution in [3.63, 3.8) is 0 Å². The second-order valence-electron chi connectivity index (χ2n) is 11.1. The number of hydrogen-bond donors (Lipinski definition) is 1. The number of morpholine rings is 1. The summed E-state index contributed by atoms with van der Waals surface area (Å²) in [5.41, 5.74) is 0.222. The van der Waals surface area contributed by atoms with Gasteiger partial charge in [-0.1, -0.05) is 43.2 Å². The van der Waals surface area contributed by atoms with E-state index >= 15 is 0 Å². The Kier molecular flexibility index (Phi) is 7.62. The van der Waals surface area contributed by atoms with E-state index in [2.05, 4.69) is 22.3 Å². The quantitative estimate of drug-likeness (QED) is 0.587. The summed E-state index contributed by atoms with van der Waals surface area (Å²) >= 11 is 0. The monoisotopic (exact) mass is 496 g/mol. The van der Waals surface area contributed by atoms with Crippen molar-refractivity contribution in [2.45, 2.75) is 56.9 Å². The summed E-state index contributed by atoms with van der Waals surface area (Å²) in [6.07, 6.45) is 6.06. The van der Waals surface area contributed by atoms with Crippen molar-refractivity contribution in [3.05, 3.63) is 35.9 Å². The molecule has 1 aromatic carbocycles. The van der Waals surface area contributed by atoms with E-state index in [9.17, 15) is 14.4 Å². The number of amides is 4. The lowest BCUT2D eigenvalue weighted by molar-refractivity contribution is -0.137. The lowest BCUT2D eigenvalue weighted by Crippen LogP contribution is -2.55. The van der Waals surface area contributed by atoms with Gasteiger partial charge in [-0.25, -0.2) is 4.79 Å². The second kappa shape index (κ2) is 10.9. The molecule has 0 bridgehead atoms. The van der Waals surface area contributed by atoms with E-state index < -0.39 is 5.54 Å². The minimum atomic E-state index is -0.901. The third-order valence-corrected chi connectivity index (χ3v) is 8.96. The molecule has 4 amide bonds. The molecule has 0 radical (unpaired) electrons. The van der Waals surface area contributed by atoms with E-state index in [1.54, 1.807) is 0 Å². The molecule has 3 saturated heterocycles. The summed E-state index contributed by atoms with van der Waals surface area (Å²) in [6, 6.07) is 9.94. The molecule has 36 heavy (non-hydrogen) atoms. The number of benzene rings is 1. The highest BCUT2D eigenvalue weighted by molar-refractivity contribution is 6.07. The zero-order chi connectivity index (χ0) is 25.1. The van der Waals surface area contributed by atoms with Gasteiger partial charge in [-0.05, 0) is 50.0 Å². The zero-order valence-electron chi connectivity index (χ0n) is 21.5. The fraction of sp³-hybridized carbons (Fsp3) is 0.679. The van der Waals surface area contributed by atoms with Gasteiger partial charge in [0.1, 0.15) is 5.54 Å². The van der Waals surface area contributed by atoms with Crippen LogP contribution in [0.15, 0.2) is 30.3 Å². The Hall–Kier alpha value is -2.45. The smallest absolute Gasteiger partial charge is 0.325 e. The molecule has 5 rings (SSSR count). The Morgan fingerprint density at radius 1 is 1.00 bits per heavy atom. The van der Waals surface area contributed by atoms with Crippen LogP contribution < -0.4 is 5.32 Å². The van der Waals surface area contributed by atoms with Gasteiger partial charge in [0, 0.05) is 39.3 Å². The third kappa shape index (κ3) is 5.02. The molecule has 3 heterocycles. The third-order valence-electron chi connectivity index (χ3n) is 8.96. The molecule has 4 aliphatic rings. The summed E-state index contributed by atoms with van der Waals surface area (Å²) in [4.78, 5) is 45.6. The van der Waals surface area contributed by atoms with Gasteiger partial charge in [0.05, 0.1) is 19.1 Å². The van der Waals surface area contributed by atoms with Crippen molar-refractivity contribution in [1.29, 1.82) is 0 Å². The molecule has 196 valence electrons. The maximum absolute atomic E-state index is 13.8. The van der Waals surface area contributed by atoms with Crippen molar-refractivity contribution in [1.82, 2.24) is 20.0 Å². The average molecular weight is 497 g/mol. The number of imide groups is 1. The van der Waals surface area contributed by atoms with Crippen LogP contribution in [-0.4, -0.2) is 90.6 Å². The normalized spacial score (nSPS) is 27.5. The van der Waals surface area contributed by atoms with E-state index in [4.69, 9.17) is 4.74 Å². The van der Waals surface area contributed by atoms with Crippen LogP contribution >= 0.6 is 0 Å². The van der Waals surface area contributed by atoms with Crippen molar-refractivity contribution in [3.8, 4) is 0 Å². The number of carbonyl (C=O) groups is 3. The SMILES string of the molecule is C[C@]1(C2CCN(C(=O)[C@@H](c3ccccc3)C3CCCC3)CC2)NC(=O)N(CCN2CCOCC2)C1=O. The first-order chi connectivity index (χ1) is 17.5. The fourth-order valence-corrected chi connectivity index (χ4v) is 6.70. The standard InChI is InChI=1S/C28H40N4O4/c1-28(26(34)32(27(35)29-28)16-15-30-17-19-36-20-18-30)23-11-13-31(14-12-23)25(33)24(22-9-5-6-10-22)21-7-3-2-4-8-21/h2-4,7-8,22-24H,5-6,9-20H2,1H3,(H,29,35)/t24-,28+/m0/s1. The number of nitrogens with zero attached hydrogens (tertiary/aromatic N) is 3. The first-order valence-electron chi connectivity index (χ1n) is 13.8. The van der Waals surface area contributed by atoms with Crippen LogP contribution in [0.25, 0.3) is 0 Å². The Bertz CT molecular complexity index is 936. The van der Waals surface area contributed by atoms with E-state index in [-0.39, 0.29) is 29.7 Å². The number of rotatable bonds is 7. The molecule has 3 aliphatic heterocycles. The van der Waals surface area contributed by atoms with Crippen molar-refractivity contribution < 1.29 is 19.1 Å². The van der Waals surface area contributed by atoms with Crippen molar-refractivity contribution >= 4 is 17.8 Å². The van der Waals surface area contributed by atoms with Gasteiger partial charge in [0.15, 0.2) is 0 Å². The molecule has 8 nitrogen and oxygen atoms in total. The minimum Gasteiger partial charge on any atom is -0.379 e. The van der Waals surface area contributed by atoms with Gasteiger partial charge in [-0.3, -0.25) is 19.4 Å². The highest BCUT2D eigenvalue weighted by Crippen LogP contribution is 2.40. The number of piperidine rings is 1.